The normalized spacial score (nSPS) is 15.0. The molecule has 0 aliphatic heterocycles. The Morgan fingerprint density at radius 1 is 1.04 bits per heavy atom. The topological polar surface area (TPSA) is 83.8 Å². The number of carbonyl (C=O) groups is 2. The molecule has 5 heteroatoms. The first-order valence-corrected chi connectivity index (χ1v) is 8.93. The Labute approximate surface area is 140 Å². The third-order valence-corrected chi connectivity index (χ3v) is 4.43. The average molecular weight is 330 g/mol. The highest BCUT2D eigenvalue weighted by atomic mass is 16.5. The van der Waals surface area contributed by atoms with Gasteiger partial charge >= 0.3 is 11.9 Å². The molecule has 0 amide bonds. The van der Waals surface area contributed by atoms with Crippen molar-refractivity contribution in [3.63, 3.8) is 0 Å². The molecule has 0 heterocycles. The van der Waals surface area contributed by atoms with Crippen molar-refractivity contribution in [1.82, 2.24) is 0 Å². The van der Waals surface area contributed by atoms with E-state index in [9.17, 15) is 19.8 Å². The number of rotatable bonds is 14. The van der Waals surface area contributed by atoms with Crippen molar-refractivity contribution < 1.29 is 24.5 Å². The van der Waals surface area contributed by atoms with E-state index in [-0.39, 0.29) is 11.9 Å². The van der Waals surface area contributed by atoms with E-state index < -0.39 is 11.6 Å². The second-order valence-electron chi connectivity index (χ2n) is 6.48. The molecule has 0 aromatic rings. The van der Waals surface area contributed by atoms with Crippen LogP contribution < -0.4 is 0 Å². The van der Waals surface area contributed by atoms with Gasteiger partial charge < -0.3 is 14.9 Å². The zero-order valence-electron chi connectivity index (χ0n) is 15.0. The number of carboxylic acid groups (broad SMARTS) is 1. The predicted molar refractivity (Wildman–Crippen MR) is 90.2 cm³/mol. The van der Waals surface area contributed by atoms with Gasteiger partial charge in [0.1, 0.15) is 0 Å². The summed E-state index contributed by atoms with van der Waals surface area (Å²) in [5, 5.41) is 19.7. The number of hydrogen-bond donors (Lipinski definition) is 2. The van der Waals surface area contributed by atoms with Crippen LogP contribution in [0, 0.1) is 5.92 Å². The van der Waals surface area contributed by atoms with Gasteiger partial charge in [-0.1, -0.05) is 58.8 Å². The van der Waals surface area contributed by atoms with Crippen LogP contribution in [-0.2, 0) is 14.3 Å². The molecule has 0 spiro atoms. The Balaban J connectivity index is 3.81. The van der Waals surface area contributed by atoms with Crippen LogP contribution in [-0.4, -0.2) is 34.4 Å². The molecule has 2 atom stereocenters. The smallest absolute Gasteiger partial charge is 0.335 e. The highest BCUT2D eigenvalue weighted by Gasteiger charge is 2.40. The zero-order chi connectivity index (χ0) is 17.7. The van der Waals surface area contributed by atoms with Crippen molar-refractivity contribution in [2.24, 2.45) is 5.92 Å². The van der Waals surface area contributed by atoms with E-state index >= 15 is 0 Å². The number of aliphatic carboxylic acids is 1. The Hall–Kier alpha value is -1.10. The molecule has 0 radical (unpaired) electrons. The molecule has 0 rings (SSSR count). The molecule has 2 unspecified atom stereocenters. The molecule has 0 fully saturated rings. The molecule has 0 aromatic carbocycles. The van der Waals surface area contributed by atoms with Crippen molar-refractivity contribution >= 4 is 11.9 Å². The van der Waals surface area contributed by atoms with Gasteiger partial charge in [-0.05, 0) is 25.2 Å². The van der Waals surface area contributed by atoms with Crippen LogP contribution in [0.5, 0.6) is 0 Å². The van der Waals surface area contributed by atoms with Crippen LogP contribution >= 0.6 is 0 Å². The molecular formula is C18H34O5. The van der Waals surface area contributed by atoms with E-state index in [0.29, 0.717) is 13.0 Å². The van der Waals surface area contributed by atoms with Crippen molar-refractivity contribution in [2.45, 2.75) is 90.6 Å². The summed E-state index contributed by atoms with van der Waals surface area (Å²) < 4.78 is 4.87. The first kappa shape index (κ1) is 21.9. The quantitative estimate of drug-likeness (QED) is 0.372. The monoisotopic (exact) mass is 330 g/mol. The van der Waals surface area contributed by atoms with Crippen LogP contribution in [0.25, 0.3) is 0 Å². The summed E-state index contributed by atoms with van der Waals surface area (Å²) in [6.45, 7) is 5.74. The second-order valence-corrected chi connectivity index (χ2v) is 6.48. The molecule has 0 aliphatic carbocycles. The summed E-state index contributed by atoms with van der Waals surface area (Å²) in [7, 11) is 0. The van der Waals surface area contributed by atoms with Gasteiger partial charge in [0.2, 0.25) is 0 Å². The summed E-state index contributed by atoms with van der Waals surface area (Å²) in [6.07, 6.45) is 8.78. The molecule has 0 saturated heterocycles. The van der Waals surface area contributed by atoms with Crippen molar-refractivity contribution in [2.75, 3.05) is 6.61 Å². The Morgan fingerprint density at radius 2 is 1.61 bits per heavy atom. The van der Waals surface area contributed by atoms with Gasteiger partial charge in [-0.25, -0.2) is 4.79 Å². The molecule has 0 bridgehead atoms. The average Bonchev–Trinajstić information content (AvgIpc) is 2.50. The van der Waals surface area contributed by atoms with Gasteiger partial charge in [-0.3, -0.25) is 4.79 Å². The Bertz CT molecular complexity index is 342. The van der Waals surface area contributed by atoms with Gasteiger partial charge in [-0.15, -0.1) is 0 Å². The van der Waals surface area contributed by atoms with E-state index in [4.69, 9.17) is 4.74 Å². The van der Waals surface area contributed by atoms with Crippen molar-refractivity contribution in [1.29, 1.82) is 0 Å². The maximum absolute atomic E-state index is 11.4. The SMILES string of the molecule is CCCCC(O)(C(=O)O)C(C)CCCCCCCCOC(C)=O. The van der Waals surface area contributed by atoms with E-state index in [2.05, 4.69) is 0 Å². The first-order valence-electron chi connectivity index (χ1n) is 8.93. The number of esters is 1. The zero-order valence-corrected chi connectivity index (χ0v) is 15.0. The molecule has 136 valence electrons. The van der Waals surface area contributed by atoms with Gasteiger partial charge in [0, 0.05) is 6.92 Å². The van der Waals surface area contributed by atoms with E-state index in [0.717, 1.165) is 57.8 Å². The fourth-order valence-corrected chi connectivity index (χ4v) is 2.72. The van der Waals surface area contributed by atoms with Gasteiger partial charge in [0.15, 0.2) is 5.60 Å². The standard InChI is InChI=1S/C18H34O5/c1-4-5-13-18(22,17(20)21)15(2)12-10-8-6-7-9-11-14-23-16(3)19/h15,22H,4-14H2,1-3H3,(H,20,21). The van der Waals surface area contributed by atoms with Gasteiger partial charge in [0.25, 0.3) is 0 Å². The van der Waals surface area contributed by atoms with E-state index in [1.165, 1.54) is 6.92 Å². The number of carboxylic acids is 1. The first-order chi connectivity index (χ1) is 10.8. The fourth-order valence-electron chi connectivity index (χ4n) is 2.72. The minimum Gasteiger partial charge on any atom is -0.479 e. The second kappa shape index (κ2) is 12.3. The van der Waals surface area contributed by atoms with Gasteiger partial charge in [0.05, 0.1) is 6.61 Å². The number of carbonyl (C=O) groups excluding carboxylic acids is 1. The number of ether oxygens (including phenoxy) is 1. The summed E-state index contributed by atoms with van der Waals surface area (Å²) >= 11 is 0. The predicted octanol–water partition coefficient (Wildman–Crippen LogP) is 3.92. The third kappa shape index (κ3) is 9.59. The van der Waals surface area contributed by atoms with Crippen LogP contribution in [0.15, 0.2) is 0 Å². The van der Waals surface area contributed by atoms with Gasteiger partial charge in [-0.2, -0.15) is 0 Å². The lowest BCUT2D eigenvalue weighted by Crippen LogP contribution is -2.44. The summed E-state index contributed by atoms with van der Waals surface area (Å²) in [6, 6.07) is 0. The minimum absolute atomic E-state index is 0.226. The highest BCUT2D eigenvalue weighted by molar-refractivity contribution is 5.77. The lowest BCUT2D eigenvalue weighted by molar-refractivity contribution is -0.165. The van der Waals surface area contributed by atoms with Crippen LogP contribution in [0.3, 0.4) is 0 Å². The molecule has 5 nitrogen and oxygen atoms in total. The molecular weight excluding hydrogens is 296 g/mol. The van der Waals surface area contributed by atoms with E-state index in [1.807, 2.05) is 13.8 Å². The van der Waals surface area contributed by atoms with Crippen molar-refractivity contribution in [3.8, 4) is 0 Å². The maximum atomic E-state index is 11.4. The fraction of sp³-hybridized carbons (Fsp3) is 0.889. The Kier molecular flexibility index (Phi) is 11.7. The lowest BCUT2D eigenvalue weighted by atomic mass is 9.81. The van der Waals surface area contributed by atoms with Crippen LogP contribution in [0.4, 0.5) is 0 Å². The molecule has 2 N–H and O–H groups in total. The van der Waals surface area contributed by atoms with E-state index in [1.54, 1.807) is 0 Å². The maximum Gasteiger partial charge on any atom is 0.335 e. The van der Waals surface area contributed by atoms with Crippen LogP contribution in [0.1, 0.15) is 85.0 Å². The summed E-state index contributed by atoms with van der Waals surface area (Å²) in [5.74, 6) is -1.55. The molecule has 0 saturated carbocycles. The van der Waals surface area contributed by atoms with Crippen LogP contribution in [0.2, 0.25) is 0 Å². The Morgan fingerprint density at radius 3 is 2.13 bits per heavy atom. The number of hydrogen-bond acceptors (Lipinski definition) is 4. The summed E-state index contributed by atoms with van der Waals surface area (Å²) in [5.41, 5.74) is -1.58. The lowest BCUT2D eigenvalue weighted by Gasteiger charge is -2.30. The number of aliphatic hydroxyl groups is 1. The van der Waals surface area contributed by atoms with Crippen molar-refractivity contribution in [3.05, 3.63) is 0 Å². The number of unbranched alkanes of at least 4 members (excludes halogenated alkanes) is 6. The molecule has 23 heavy (non-hydrogen) atoms. The molecule has 0 aromatic heterocycles. The largest absolute Gasteiger partial charge is 0.479 e. The minimum atomic E-state index is -1.58. The summed E-state index contributed by atoms with van der Waals surface area (Å²) in [4.78, 5) is 22.0. The third-order valence-electron chi connectivity index (χ3n) is 4.43. The molecule has 0 aliphatic rings. The highest BCUT2D eigenvalue weighted by Crippen LogP contribution is 2.28.